The minimum absolute atomic E-state index is 0.0986. The number of nitrogens with zero attached hydrogens (tertiary/aromatic N) is 1. The van der Waals surface area contributed by atoms with Crippen LogP contribution < -0.4 is 9.47 Å². The number of carbonyl (C=O) groups is 2. The summed E-state index contributed by atoms with van der Waals surface area (Å²) in [6.07, 6.45) is 0.603. The Morgan fingerprint density at radius 1 is 1.16 bits per heavy atom. The fraction of sp³-hybridized carbons (Fsp3) is 0.304. The Balaban J connectivity index is 2.22. The van der Waals surface area contributed by atoms with Crippen molar-refractivity contribution in [2.45, 2.75) is 26.3 Å². The summed E-state index contributed by atoms with van der Waals surface area (Å²) >= 11 is 6.29. The van der Waals surface area contributed by atoms with Crippen molar-refractivity contribution < 1.29 is 29.3 Å². The molecule has 1 amide bonds. The number of hydrogen-bond acceptors (Lipinski definition) is 6. The molecule has 1 aliphatic heterocycles. The molecular weight excluding hydrogens is 422 g/mol. The van der Waals surface area contributed by atoms with E-state index in [2.05, 4.69) is 0 Å². The predicted octanol–water partition coefficient (Wildman–Crippen LogP) is 4.28. The number of ether oxygens (including phenoxy) is 2. The molecule has 1 unspecified atom stereocenters. The van der Waals surface area contributed by atoms with Gasteiger partial charge < -0.3 is 24.6 Å². The second-order valence-corrected chi connectivity index (χ2v) is 7.41. The van der Waals surface area contributed by atoms with Gasteiger partial charge in [-0.1, -0.05) is 24.6 Å². The van der Waals surface area contributed by atoms with Crippen molar-refractivity contribution in [3.8, 4) is 17.2 Å². The van der Waals surface area contributed by atoms with Gasteiger partial charge in [-0.25, -0.2) is 0 Å². The molecule has 0 saturated carbocycles. The fourth-order valence-electron chi connectivity index (χ4n) is 3.66. The number of Topliss-reactive ketones (excluding diaryl/α,β-unsaturated/α-hetero) is 1. The molecule has 2 aromatic rings. The number of ketones is 1. The summed E-state index contributed by atoms with van der Waals surface area (Å²) in [5.74, 6) is -1.36. The van der Waals surface area contributed by atoms with Gasteiger partial charge in [0.05, 0.1) is 30.4 Å². The summed E-state index contributed by atoms with van der Waals surface area (Å²) in [5.41, 5.74) is 0.549. The van der Waals surface area contributed by atoms with Crippen LogP contribution in [0.2, 0.25) is 5.02 Å². The number of phenolic OH excluding ortho intramolecular Hbond substituents is 1. The first-order valence-corrected chi connectivity index (χ1v) is 10.3. The first kappa shape index (κ1) is 22.5. The fourth-order valence-corrected chi connectivity index (χ4v) is 3.87. The lowest BCUT2D eigenvalue weighted by atomic mass is 9.95. The van der Waals surface area contributed by atoms with Crippen LogP contribution in [-0.4, -0.2) is 47.1 Å². The van der Waals surface area contributed by atoms with Gasteiger partial charge in [0, 0.05) is 12.1 Å². The van der Waals surface area contributed by atoms with E-state index < -0.39 is 23.5 Å². The SMILES string of the molecule is CCCN1C(=O)C(=O)/C(=C(/O)c2cc(OCC)ccc2Cl)C1c1ccc(OC)c(O)c1. The molecule has 3 rings (SSSR count). The van der Waals surface area contributed by atoms with Crippen molar-refractivity contribution in [3.63, 3.8) is 0 Å². The zero-order valence-corrected chi connectivity index (χ0v) is 18.3. The number of benzene rings is 2. The maximum Gasteiger partial charge on any atom is 0.295 e. The number of hydrogen-bond donors (Lipinski definition) is 2. The molecule has 1 aliphatic rings. The normalized spacial score (nSPS) is 17.8. The molecule has 1 saturated heterocycles. The Kier molecular flexibility index (Phi) is 6.75. The minimum atomic E-state index is -0.886. The molecule has 2 N–H and O–H groups in total. The van der Waals surface area contributed by atoms with Gasteiger partial charge in [0.1, 0.15) is 11.5 Å². The van der Waals surface area contributed by atoms with E-state index in [1.807, 2.05) is 13.8 Å². The van der Waals surface area contributed by atoms with Crippen LogP contribution in [0.1, 0.15) is 37.4 Å². The summed E-state index contributed by atoms with van der Waals surface area (Å²) in [5, 5.41) is 21.6. The molecule has 31 heavy (non-hydrogen) atoms. The highest BCUT2D eigenvalue weighted by Gasteiger charge is 2.46. The molecule has 1 atom stereocenters. The predicted molar refractivity (Wildman–Crippen MR) is 117 cm³/mol. The maximum absolute atomic E-state index is 12.9. The Labute approximate surface area is 185 Å². The summed E-state index contributed by atoms with van der Waals surface area (Å²) in [4.78, 5) is 27.1. The third kappa shape index (κ3) is 4.18. The molecular formula is C23H24ClNO6. The minimum Gasteiger partial charge on any atom is -0.507 e. The summed E-state index contributed by atoms with van der Waals surface area (Å²) in [6, 6.07) is 8.45. The van der Waals surface area contributed by atoms with Crippen molar-refractivity contribution in [1.82, 2.24) is 4.90 Å². The van der Waals surface area contributed by atoms with Gasteiger partial charge in [-0.2, -0.15) is 0 Å². The van der Waals surface area contributed by atoms with Crippen LogP contribution in [0.25, 0.3) is 5.76 Å². The highest BCUT2D eigenvalue weighted by molar-refractivity contribution is 6.47. The molecule has 164 valence electrons. The molecule has 0 spiro atoms. The van der Waals surface area contributed by atoms with Gasteiger partial charge in [-0.3, -0.25) is 9.59 Å². The van der Waals surface area contributed by atoms with E-state index in [0.717, 1.165) is 0 Å². The molecule has 1 fully saturated rings. The third-order valence-electron chi connectivity index (χ3n) is 5.03. The number of aliphatic hydroxyl groups excluding tert-OH is 1. The standard InChI is InChI=1S/C23H24ClNO6/c1-4-10-25-20(13-6-9-18(30-3)17(26)11-13)19(22(28)23(25)29)21(27)15-12-14(31-5-2)7-8-16(15)24/h6-9,11-12,20,26-27H,4-5,10H2,1-3H3/b21-19+. The van der Waals surface area contributed by atoms with E-state index in [4.69, 9.17) is 21.1 Å². The number of amides is 1. The molecule has 0 aliphatic carbocycles. The molecule has 1 heterocycles. The van der Waals surface area contributed by atoms with Crippen LogP contribution in [0.5, 0.6) is 17.2 Å². The Hall–Kier alpha value is -3.19. The second-order valence-electron chi connectivity index (χ2n) is 7.00. The lowest BCUT2D eigenvalue weighted by molar-refractivity contribution is -0.139. The zero-order valence-electron chi connectivity index (χ0n) is 17.5. The molecule has 0 radical (unpaired) electrons. The largest absolute Gasteiger partial charge is 0.507 e. The number of rotatable bonds is 7. The number of halogens is 1. The van der Waals surface area contributed by atoms with Crippen molar-refractivity contribution in [1.29, 1.82) is 0 Å². The third-order valence-corrected chi connectivity index (χ3v) is 5.36. The van der Waals surface area contributed by atoms with Crippen LogP contribution >= 0.6 is 11.6 Å². The van der Waals surface area contributed by atoms with E-state index in [1.54, 1.807) is 24.3 Å². The van der Waals surface area contributed by atoms with E-state index in [-0.39, 0.29) is 27.7 Å². The molecule has 0 aromatic heterocycles. The van der Waals surface area contributed by atoms with Crippen LogP contribution in [0.15, 0.2) is 42.0 Å². The maximum atomic E-state index is 12.9. The van der Waals surface area contributed by atoms with Gasteiger partial charge in [-0.15, -0.1) is 0 Å². The van der Waals surface area contributed by atoms with E-state index >= 15 is 0 Å². The van der Waals surface area contributed by atoms with Crippen molar-refractivity contribution in [2.75, 3.05) is 20.3 Å². The van der Waals surface area contributed by atoms with E-state index in [9.17, 15) is 19.8 Å². The van der Waals surface area contributed by atoms with Gasteiger partial charge in [0.2, 0.25) is 0 Å². The van der Waals surface area contributed by atoms with E-state index in [0.29, 0.717) is 30.9 Å². The summed E-state index contributed by atoms with van der Waals surface area (Å²) < 4.78 is 10.6. The van der Waals surface area contributed by atoms with Crippen LogP contribution in [0, 0.1) is 0 Å². The van der Waals surface area contributed by atoms with Crippen molar-refractivity contribution in [2.24, 2.45) is 0 Å². The molecule has 2 aromatic carbocycles. The first-order chi connectivity index (χ1) is 14.8. The Bertz CT molecular complexity index is 1050. The average Bonchev–Trinajstić information content (AvgIpc) is 3.00. The molecule has 7 nitrogen and oxygen atoms in total. The Morgan fingerprint density at radius 2 is 1.90 bits per heavy atom. The van der Waals surface area contributed by atoms with E-state index in [1.165, 1.54) is 24.1 Å². The van der Waals surface area contributed by atoms with Crippen LogP contribution in [-0.2, 0) is 9.59 Å². The topological polar surface area (TPSA) is 96.3 Å². The van der Waals surface area contributed by atoms with Crippen molar-refractivity contribution >= 4 is 29.1 Å². The number of carbonyl (C=O) groups excluding carboxylic acids is 2. The Morgan fingerprint density at radius 3 is 2.52 bits per heavy atom. The summed E-state index contributed by atoms with van der Waals surface area (Å²) in [6.45, 7) is 4.41. The second kappa shape index (κ2) is 9.31. The smallest absolute Gasteiger partial charge is 0.295 e. The highest BCUT2D eigenvalue weighted by Crippen LogP contribution is 2.42. The van der Waals surface area contributed by atoms with Gasteiger partial charge >= 0.3 is 0 Å². The number of aliphatic hydroxyl groups is 1. The number of likely N-dealkylation sites (tertiary alicyclic amines) is 1. The number of aromatic hydroxyl groups is 1. The number of methoxy groups -OCH3 is 1. The van der Waals surface area contributed by atoms with Gasteiger partial charge in [0.25, 0.3) is 11.7 Å². The molecule has 0 bridgehead atoms. The van der Waals surface area contributed by atoms with Crippen molar-refractivity contribution in [3.05, 3.63) is 58.1 Å². The first-order valence-electron chi connectivity index (χ1n) is 9.92. The van der Waals surface area contributed by atoms with Crippen LogP contribution in [0.3, 0.4) is 0 Å². The highest BCUT2D eigenvalue weighted by atomic mass is 35.5. The zero-order chi connectivity index (χ0) is 22.7. The molecule has 8 heteroatoms. The summed E-state index contributed by atoms with van der Waals surface area (Å²) in [7, 11) is 1.42. The monoisotopic (exact) mass is 445 g/mol. The quantitative estimate of drug-likeness (QED) is 0.375. The lowest BCUT2D eigenvalue weighted by Gasteiger charge is -2.25. The lowest BCUT2D eigenvalue weighted by Crippen LogP contribution is -2.30. The average molecular weight is 446 g/mol. The van der Waals surface area contributed by atoms with Gasteiger partial charge in [-0.05, 0) is 49.2 Å². The van der Waals surface area contributed by atoms with Crippen LogP contribution in [0.4, 0.5) is 0 Å². The van der Waals surface area contributed by atoms with Gasteiger partial charge in [0.15, 0.2) is 11.5 Å². The number of phenols is 1.